The van der Waals surface area contributed by atoms with Gasteiger partial charge in [0.2, 0.25) is 5.43 Å². The predicted octanol–water partition coefficient (Wildman–Crippen LogP) is 4.51. The van der Waals surface area contributed by atoms with Crippen LogP contribution >= 0.6 is 11.3 Å². The van der Waals surface area contributed by atoms with Crippen molar-refractivity contribution in [3.8, 4) is 11.1 Å². The molecule has 2 N–H and O–H groups in total. The van der Waals surface area contributed by atoms with E-state index in [1.165, 1.54) is 17.5 Å². The Labute approximate surface area is 147 Å². The van der Waals surface area contributed by atoms with E-state index in [9.17, 15) is 9.59 Å². The third-order valence-corrected chi connectivity index (χ3v) is 4.91. The molecule has 0 spiro atoms. The molecule has 4 aromatic rings. The molecular formula is C20H14N2O2S. The SMILES string of the molecule is O=C(Nc1ccccc1-c1ccccc1)c1c[nH]c2ccsc2c1=O. The summed E-state index contributed by atoms with van der Waals surface area (Å²) < 4.78 is 0.559. The Kier molecular flexibility index (Phi) is 3.91. The van der Waals surface area contributed by atoms with Crippen molar-refractivity contribution in [1.82, 2.24) is 4.98 Å². The number of pyridine rings is 1. The Morgan fingerprint density at radius 2 is 1.72 bits per heavy atom. The molecule has 0 unspecified atom stereocenters. The molecule has 5 heteroatoms. The van der Waals surface area contributed by atoms with Crippen molar-refractivity contribution in [3.63, 3.8) is 0 Å². The largest absolute Gasteiger partial charge is 0.359 e. The van der Waals surface area contributed by atoms with Gasteiger partial charge in [-0.15, -0.1) is 11.3 Å². The Morgan fingerprint density at radius 1 is 0.960 bits per heavy atom. The number of aromatic amines is 1. The molecule has 2 aromatic heterocycles. The van der Waals surface area contributed by atoms with Gasteiger partial charge in [0, 0.05) is 17.4 Å². The molecule has 1 amide bonds. The molecule has 0 atom stereocenters. The minimum atomic E-state index is -0.417. The van der Waals surface area contributed by atoms with Crippen LogP contribution in [0.1, 0.15) is 10.4 Å². The van der Waals surface area contributed by atoms with E-state index in [4.69, 9.17) is 0 Å². The highest BCUT2D eigenvalue weighted by atomic mass is 32.1. The number of H-pyrrole nitrogens is 1. The molecular weight excluding hydrogens is 332 g/mol. The van der Waals surface area contributed by atoms with Gasteiger partial charge in [-0.05, 0) is 23.1 Å². The summed E-state index contributed by atoms with van der Waals surface area (Å²) in [5, 5.41) is 4.70. The average Bonchev–Trinajstić information content (AvgIpc) is 3.13. The topological polar surface area (TPSA) is 62.0 Å². The summed E-state index contributed by atoms with van der Waals surface area (Å²) in [5.74, 6) is -0.417. The van der Waals surface area contributed by atoms with Gasteiger partial charge in [0.15, 0.2) is 0 Å². The molecule has 2 aromatic carbocycles. The van der Waals surface area contributed by atoms with Crippen LogP contribution in [0.15, 0.2) is 77.0 Å². The van der Waals surface area contributed by atoms with E-state index in [1.807, 2.05) is 66.0 Å². The van der Waals surface area contributed by atoms with Gasteiger partial charge in [-0.25, -0.2) is 0 Å². The van der Waals surface area contributed by atoms with Crippen LogP contribution in [0.5, 0.6) is 0 Å². The van der Waals surface area contributed by atoms with Gasteiger partial charge in [-0.1, -0.05) is 48.5 Å². The molecule has 0 saturated carbocycles. The molecule has 25 heavy (non-hydrogen) atoms. The van der Waals surface area contributed by atoms with Gasteiger partial charge >= 0.3 is 0 Å². The number of amides is 1. The summed E-state index contributed by atoms with van der Waals surface area (Å²) in [6, 6.07) is 19.2. The predicted molar refractivity (Wildman–Crippen MR) is 102 cm³/mol. The van der Waals surface area contributed by atoms with Crippen LogP contribution < -0.4 is 10.7 Å². The normalized spacial score (nSPS) is 10.7. The number of carbonyl (C=O) groups excluding carboxylic acids is 1. The standard InChI is InChI=1S/C20H14N2O2S/c23-18-15(12-21-17-10-11-25-19(17)18)20(24)22-16-9-5-4-8-14(16)13-6-2-1-3-7-13/h1-12H,(H,21,23)(H,22,24). The van der Waals surface area contributed by atoms with Crippen molar-refractivity contribution in [1.29, 1.82) is 0 Å². The second kappa shape index (κ2) is 6.37. The maximum Gasteiger partial charge on any atom is 0.261 e. The number of rotatable bonds is 3. The monoisotopic (exact) mass is 346 g/mol. The summed E-state index contributed by atoms with van der Waals surface area (Å²) in [5.41, 5.74) is 3.18. The fourth-order valence-corrected chi connectivity index (χ4v) is 3.57. The van der Waals surface area contributed by atoms with Crippen LogP contribution in [-0.2, 0) is 0 Å². The molecule has 0 aliphatic heterocycles. The summed E-state index contributed by atoms with van der Waals surface area (Å²) in [7, 11) is 0. The number of hydrogen-bond donors (Lipinski definition) is 2. The van der Waals surface area contributed by atoms with E-state index in [-0.39, 0.29) is 11.0 Å². The van der Waals surface area contributed by atoms with Gasteiger partial charge in [0.25, 0.3) is 5.91 Å². The number of hydrogen-bond acceptors (Lipinski definition) is 3. The van der Waals surface area contributed by atoms with Crippen LogP contribution in [0.4, 0.5) is 5.69 Å². The van der Waals surface area contributed by atoms with E-state index < -0.39 is 5.91 Å². The zero-order valence-corrected chi connectivity index (χ0v) is 14.0. The summed E-state index contributed by atoms with van der Waals surface area (Å²) in [6.45, 7) is 0. The lowest BCUT2D eigenvalue weighted by molar-refractivity contribution is 0.102. The average molecular weight is 346 g/mol. The highest BCUT2D eigenvalue weighted by molar-refractivity contribution is 7.17. The Morgan fingerprint density at radius 3 is 2.56 bits per heavy atom. The minimum Gasteiger partial charge on any atom is -0.359 e. The van der Waals surface area contributed by atoms with Crippen molar-refractivity contribution in [2.45, 2.75) is 0 Å². The first kappa shape index (κ1) is 15.4. The van der Waals surface area contributed by atoms with Crippen LogP contribution in [0, 0.1) is 0 Å². The molecule has 122 valence electrons. The van der Waals surface area contributed by atoms with Gasteiger partial charge < -0.3 is 10.3 Å². The third kappa shape index (κ3) is 2.86. The molecule has 0 aliphatic carbocycles. The summed E-state index contributed by atoms with van der Waals surface area (Å²) >= 11 is 1.33. The second-order valence-electron chi connectivity index (χ2n) is 5.56. The molecule has 0 radical (unpaired) electrons. The Balaban J connectivity index is 1.72. The second-order valence-corrected chi connectivity index (χ2v) is 6.48. The van der Waals surface area contributed by atoms with E-state index in [0.717, 1.165) is 16.6 Å². The van der Waals surface area contributed by atoms with E-state index in [1.54, 1.807) is 0 Å². The first-order chi connectivity index (χ1) is 12.2. The lowest BCUT2D eigenvalue weighted by Gasteiger charge is -2.11. The molecule has 4 nitrogen and oxygen atoms in total. The van der Waals surface area contributed by atoms with Crippen LogP contribution in [-0.4, -0.2) is 10.9 Å². The summed E-state index contributed by atoms with van der Waals surface area (Å²) in [4.78, 5) is 28.2. The Bertz CT molecular complexity index is 1110. The number of fused-ring (bicyclic) bond motifs is 1. The number of benzene rings is 2. The number of thiophene rings is 1. The molecule has 0 aliphatic rings. The fourth-order valence-electron chi connectivity index (χ4n) is 2.76. The maximum absolute atomic E-state index is 12.7. The maximum atomic E-state index is 12.7. The van der Waals surface area contributed by atoms with Crippen molar-refractivity contribution in [3.05, 3.63) is 88.0 Å². The number of carbonyl (C=O) groups is 1. The van der Waals surface area contributed by atoms with Gasteiger partial charge in [-0.2, -0.15) is 0 Å². The first-order valence-electron chi connectivity index (χ1n) is 7.79. The quantitative estimate of drug-likeness (QED) is 0.573. The van der Waals surface area contributed by atoms with Crippen LogP contribution in [0.3, 0.4) is 0 Å². The zero-order chi connectivity index (χ0) is 17.2. The van der Waals surface area contributed by atoms with Crippen molar-refractivity contribution in [2.75, 3.05) is 5.32 Å². The lowest BCUT2D eigenvalue weighted by Crippen LogP contribution is -2.21. The number of aromatic nitrogens is 1. The smallest absolute Gasteiger partial charge is 0.261 e. The molecule has 4 rings (SSSR count). The number of nitrogens with one attached hydrogen (secondary N) is 2. The van der Waals surface area contributed by atoms with Crippen molar-refractivity contribution < 1.29 is 4.79 Å². The third-order valence-electron chi connectivity index (χ3n) is 3.99. The molecule has 0 saturated heterocycles. The fraction of sp³-hybridized carbons (Fsp3) is 0. The van der Waals surface area contributed by atoms with Gasteiger partial charge in [-0.3, -0.25) is 9.59 Å². The Hall–Kier alpha value is -3.18. The van der Waals surface area contributed by atoms with Crippen molar-refractivity contribution in [2.24, 2.45) is 0 Å². The molecule has 0 bridgehead atoms. The zero-order valence-electron chi connectivity index (χ0n) is 13.2. The molecule has 2 heterocycles. The molecule has 0 fully saturated rings. The van der Waals surface area contributed by atoms with Crippen LogP contribution in [0.2, 0.25) is 0 Å². The first-order valence-corrected chi connectivity index (χ1v) is 8.67. The van der Waals surface area contributed by atoms with Gasteiger partial charge in [0.05, 0.1) is 10.2 Å². The van der Waals surface area contributed by atoms with E-state index in [2.05, 4.69) is 10.3 Å². The highest BCUT2D eigenvalue weighted by Gasteiger charge is 2.15. The minimum absolute atomic E-state index is 0.109. The lowest BCUT2D eigenvalue weighted by atomic mass is 10.0. The highest BCUT2D eigenvalue weighted by Crippen LogP contribution is 2.27. The number of para-hydroxylation sites is 1. The summed E-state index contributed by atoms with van der Waals surface area (Å²) in [6.07, 6.45) is 1.47. The van der Waals surface area contributed by atoms with E-state index >= 15 is 0 Å². The van der Waals surface area contributed by atoms with Crippen molar-refractivity contribution >= 4 is 33.1 Å². The van der Waals surface area contributed by atoms with E-state index in [0.29, 0.717) is 10.4 Å². The van der Waals surface area contributed by atoms with Crippen LogP contribution in [0.25, 0.3) is 21.3 Å². The van der Waals surface area contributed by atoms with Gasteiger partial charge in [0.1, 0.15) is 5.56 Å². The number of anilines is 1.